The molecular formula is C11H18BrN3S. The molecule has 1 aromatic heterocycles. The molecule has 0 fully saturated rings. The van der Waals surface area contributed by atoms with Crippen LogP contribution in [0.5, 0.6) is 0 Å². The summed E-state index contributed by atoms with van der Waals surface area (Å²) in [5.74, 6) is 3.11. The van der Waals surface area contributed by atoms with Crippen molar-refractivity contribution >= 4 is 39.2 Å². The van der Waals surface area contributed by atoms with Gasteiger partial charge in [-0.2, -0.15) is 11.8 Å². The summed E-state index contributed by atoms with van der Waals surface area (Å²) >= 11 is 5.29. The quantitative estimate of drug-likeness (QED) is 0.791. The second kappa shape index (κ2) is 7.01. The topological polar surface area (TPSA) is 50.9 Å². The average Bonchev–Trinajstić information content (AvgIpc) is 2.23. The van der Waals surface area contributed by atoms with Gasteiger partial charge in [0.15, 0.2) is 0 Å². The van der Waals surface area contributed by atoms with Crippen molar-refractivity contribution in [2.75, 3.05) is 22.6 Å². The molecule has 0 saturated carbocycles. The fraction of sp³-hybridized carbons (Fsp3) is 0.545. The summed E-state index contributed by atoms with van der Waals surface area (Å²) in [5, 5.41) is 3.33. The van der Waals surface area contributed by atoms with Crippen LogP contribution in [0.3, 0.4) is 0 Å². The third-order valence-electron chi connectivity index (χ3n) is 2.17. The van der Waals surface area contributed by atoms with Crippen LogP contribution in [-0.4, -0.2) is 22.5 Å². The molecule has 5 heteroatoms. The lowest BCUT2D eigenvalue weighted by Crippen LogP contribution is -2.17. The highest BCUT2D eigenvalue weighted by atomic mass is 79.9. The van der Waals surface area contributed by atoms with Crippen LogP contribution < -0.4 is 11.1 Å². The smallest absolute Gasteiger partial charge is 0.149 e. The summed E-state index contributed by atoms with van der Waals surface area (Å²) in [6.45, 7) is 4.33. The van der Waals surface area contributed by atoms with Gasteiger partial charge < -0.3 is 11.1 Å². The molecule has 1 rings (SSSR count). The summed E-state index contributed by atoms with van der Waals surface area (Å²) in [7, 11) is 0. The Morgan fingerprint density at radius 3 is 3.00 bits per heavy atom. The molecule has 16 heavy (non-hydrogen) atoms. The zero-order chi connectivity index (χ0) is 12.0. The SMILES string of the molecule is CCSCCC(C)Nc1ncc(Br)cc1N. The van der Waals surface area contributed by atoms with Gasteiger partial charge >= 0.3 is 0 Å². The first-order valence-corrected chi connectivity index (χ1v) is 7.33. The molecule has 90 valence electrons. The zero-order valence-corrected chi connectivity index (χ0v) is 12.1. The minimum absolute atomic E-state index is 0.398. The first-order valence-electron chi connectivity index (χ1n) is 5.38. The summed E-state index contributed by atoms with van der Waals surface area (Å²) in [6.07, 6.45) is 2.88. The maximum atomic E-state index is 5.86. The van der Waals surface area contributed by atoms with Crippen molar-refractivity contribution in [1.82, 2.24) is 4.98 Å². The molecule has 1 heterocycles. The molecule has 0 aliphatic rings. The molecule has 1 unspecified atom stereocenters. The third-order valence-corrected chi connectivity index (χ3v) is 3.53. The van der Waals surface area contributed by atoms with Gasteiger partial charge in [-0.25, -0.2) is 4.98 Å². The Balaban J connectivity index is 2.46. The van der Waals surface area contributed by atoms with Gasteiger partial charge in [0.25, 0.3) is 0 Å². The number of aromatic nitrogens is 1. The number of thioether (sulfide) groups is 1. The minimum atomic E-state index is 0.398. The Kier molecular flexibility index (Phi) is 5.98. The molecular weight excluding hydrogens is 286 g/mol. The Hall–Kier alpha value is -0.420. The van der Waals surface area contributed by atoms with Crippen molar-refractivity contribution in [3.63, 3.8) is 0 Å². The van der Waals surface area contributed by atoms with Crippen LogP contribution in [0.4, 0.5) is 11.5 Å². The van der Waals surface area contributed by atoms with Crippen molar-refractivity contribution in [2.45, 2.75) is 26.3 Å². The van der Waals surface area contributed by atoms with Gasteiger partial charge in [0.2, 0.25) is 0 Å². The molecule has 1 aromatic rings. The highest BCUT2D eigenvalue weighted by Crippen LogP contribution is 2.21. The second-order valence-electron chi connectivity index (χ2n) is 3.62. The van der Waals surface area contributed by atoms with E-state index in [1.165, 1.54) is 11.5 Å². The molecule has 0 bridgehead atoms. The molecule has 0 saturated heterocycles. The standard InChI is InChI=1S/C11H18BrN3S/c1-3-16-5-4-8(2)15-11-10(13)6-9(12)7-14-11/h6-8H,3-5,13H2,1-2H3,(H,14,15). The number of halogens is 1. The maximum Gasteiger partial charge on any atom is 0.149 e. The van der Waals surface area contributed by atoms with Crippen molar-refractivity contribution in [1.29, 1.82) is 0 Å². The van der Waals surface area contributed by atoms with E-state index in [2.05, 4.69) is 40.1 Å². The number of anilines is 2. The Morgan fingerprint density at radius 2 is 2.38 bits per heavy atom. The van der Waals surface area contributed by atoms with E-state index in [-0.39, 0.29) is 0 Å². The predicted molar refractivity (Wildman–Crippen MR) is 77.1 cm³/mol. The van der Waals surface area contributed by atoms with E-state index in [9.17, 15) is 0 Å². The summed E-state index contributed by atoms with van der Waals surface area (Å²) in [6, 6.07) is 2.26. The van der Waals surface area contributed by atoms with Gasteiger partial charge in [-0.1, -0.05) is 6.92 Å². The summed E-state index contributed by atoms with van der Waals surface area (Å²) in [4.78, 5) is 4.26. The minimum Gasteiger partial charge on any atom is -0.396 e. The van der Waals surface area contributed by atoms with Crippen molar-refractivity contribution < 1.29 is 0 Å². The number of nitrogens with zero attached hydrogens (tertiary/aromatic N) is 1. The highest BCUT2D eigenvalue weighted by molar-refractivity contribution is 9.10. The van der Waals surface area contributed by atoms with Crippen LogP contribution in [0.2, 0.25) is 0 Å². The van der Waals surface area contributed by atoms with E-state index < -0.39 is 0 Å². The van der Waals surface area contributed by atoms with E-state index in [1.807, 2.05) is 17.8 Å². The molecule has 0 amide bonds. The Bertz CT molecular complexity index is 333. The van der Waals surface area contributed by atoms with Crippen LogP contribution >= 0.6 is 27.7 Å². The second-order valence-corrected chi connectivity index (χ2v) is 5.93. The van der Waals surface area contributed by atoms with Gasteiger partial charge in [-0.05, 0) is 46.8 Å². The van der Waals surface area contributed by atoms with Crippen molar-refractivity contribution in [3.05, 3.63) is 16.7 Å². The van der Waals surface area contributed by atoms with Gasteiger partial charge in [0, 0.05) is 16.7 Å². The van der Waals surface area contributed by atoms with Gasteiger partial charge in [-0.15, -0.1) is 0 Å². The van der Waals surface area contributed by atoms with Crippen molar-refractivity contribution in [3.8, 4) is 0 Å². The number of hydrogen-bond donors (Lipinski definition) is 2. The largest absolute Gasteiger partial charge is 0.396 e. The predicted octanol–water partition coefficient (Wildman–Crippen LogP) is 3.37. The molecule has 0 radical (unpaired) electrons. The number of rotatable bonds is 6. The van der Waals surface area contributed by atoms with Crippen LogP contribution in [0.25, 0.3) is 0 Å². The third kappa shape index (κ3) is 4.61. The fourth-order valence-corrected chi connectivity index (χ4v) is 2.44. The van der Waals surface area contributed by atoms with E-state index in [0.717, 1.165) is 16.7 Å². The number of nitrogens with one attached hydrogen (secondary N) is 1. The van der Waals surface area contributed by atoms with Crippen LogP contribution in [0, 0.1) is 0 Å². The molecule has 0 aliphatic carbocycles. The maximum absolute atomic E-state index is 5.86. The lowest BCUT2D eigenvalue weighted by Gasteiger charge is -2.15. The number of nitrogen functional groups attached to an aromatic ring is 1. The molecule has 3 nitrogen and oxygen atoms in total. The molecule has 1 atom stereocenters. The Labute approximate surface area is 110 Å². The number of hydrogen-bond acceptors (Lipinski definition) is 4. The van der Waals surface area contributed by atoms with E-state index in [1.54, 1.807) is 6.20 Å². The fourth-order valence-electron chi connectivity index (χ4n) is 1.29. The number of nitrogens with two attached hydrogens (primary N) is 1. The van der Waals surface area contributed by atoms with Gasteiger partial charge in [0.05, 0.1) is 5.69 Å². The number of pyridine rings is 1. The first-order chi connectivity index (χ1) is 7.63. The zero-order valence-electron chi connectivity index (χ0n) is 9.66. The highest BCUT2D eigenvalue weighted by Gasteiger charge is 2.06. The van der Waals surface area contributed by atoms with Crippen molar-refractivity contribution in [2.24, 2.45) is 0 Å². The summed E-state index contributed by atoms with van der Waals surface area (Å²) in [5.41, 5.74) is 6.55. The summed E-state index contributed by atoms with van der Waals surface area (Å²) < 4.78 is 0.907. The first kappa shape index (κ1) is 13.6. The van der Waals surface area contributed by atoms with Crippen LogP contribution in [0.1, 0.15) is 20.3 Å². The molecule has 3 N–H and O–H groups in total. The molecule has 0 aliphatic heterocycles. The van der Waals surface area contributed by atoms with Gasteiger partial charge in [0.1, 0.15) is 5.82 Å². The molecule has 0 spiro atoms. The van der Waals surface area contributed by atoms with E-state index in [4.69, 9.17) is 5.73 Å². The van der Waals surface area contributed by atoms with Crippen LogP contribution in [0.15, 0.2) is 16.7 Å². The normalized spacial score (nSPS) is 12.4. The lowest BCUT2D eigenvalue weighted by atomic mass is 10.2. The van der Waals surface area contributed by atoms with E-state index >= 15 is 0 Å². The molecule has 0 aromatic carbocycles. The average molecular weight is 304 g/mol. The van der Waals surface area contributed by atoms with Crippen LogP contribution in [-0.2, 0) is 0 Å². The Morgan fingerprint density at radius 1 is 1.62 bits per heavy atom. The van der Waals surface area contributed by atoms with Gasteiger partial charge in [-0.3, -0.25) is 0 Å². The lowest BCUT2D eigenvalue weighted by molar-refractivity contribution is 0.767. The van der Waals surface area contributed by atoms with E-state index in [0.29, 0.717) is 11.7 Å². The monoisotopic (exact) mass is 303 g/mol.